The second kappa shape index (κ2) is 8.52. The van der Waals surface area contributed by atoms with Gasteiger partial charge in [-0.1, -0.05) is 29.3 Å². The van der Waals surface area contributed by atoms with Gasteiger partial charge in [0.2, 0.25) is 0 Å². The maximum absolute atomic E-state index is 13.3. The highest BCUT2D eigenvalue weighted by molar-refractivity contribution is 6.42. The van der Waals surface area contributed by atoms with Gasteiger partial charge in [-0.15, -0.1) is 0 Å². The molecule has 4 unspecified atom stereocenters. The number of halogens is 2. The van der Waals surface area contributed by atoms with Crippen LogP contribution in [0.5, 0.6) is 0 Å². The third-order valence-corrected chi connectivity index (χ3v) is 6.11. The Kier molecular flexibility index (Phi) is 6.48. The van der Waals surface area contributed by atoms with Gasteiger partial charge in [0.05, 0.1) is 16.1 Å². The van der Waals surface area contributed by atoms with Crippen LogP contribution in [0.1, 0.15) is 24.9 Å². The van der Waals surface area contributed by atoms with E-state index in [0.717, 1.165) is 5.56 Å². The molecule has 3 rings (SSSR count). The summed E-state index contributed by atoms with van der Waals surface area (Å²) in [5.74, 6) is -0.270. The maximum atomic E-state index is 13.3. The minimum absolute atomic E-state index is 0.0859. The number of benzene rings is 1. The van der Waals surface area contributed by atoms with Crippen molar-refractivity contribution in [1.82, 2.24) is 25.3 Å². The Bertz CT molecular complexity index is 765. The summed E-state index contributed by atoms with van der Waals surface area (Å²) in [5, 5.41) is 16.3. The van der Waals surface area contributed by atoms with E-state index >= 15 is 0 Å². The van der Waals surface area contributed by atoms with Crippen molar-refractivity contribution < 1.29 is 14.7 Å². The Labute approximate surface area is 174 Å². The van der Waals surface area contributed by atoms with Crippen LogP contribution in [0.4, 0.5) is 4.79 Å². The van der Waals surface area contributed by atoms with Crippen LogP contribution in [0.15, 0.2) is 18.2 Å². The van der Waals surface area contributed by atoms with Crippen LogP contribution in [-0.2, 0) is 4.79 Å². The number of fused-ring (bicyclic) bond motifs is 1. The van der Waals surface area contributed by atoms with E-state index in [1.165, 1.54) is 4.90 Å². The molecule has 2 fully saturated rings. The number of urea groups is 1. The molecule has 1 aromatic rings. The first kappa shape index (κ1) is 21.3. The molecule has 1 aromatic carbocycles. The van der Waals surface area contributed by atoms with Crippen molar-refractivity contribution in [2.45, 2.75) is 37.9 Å². The van der Waals surface area contributed by atoms with E-state index in [9.17, 15) is 9.59 Å². The molecule has 4 atom stereocenters. The number of nitrogens with one attached hydrogen (secondary N) is 2. The lowest BCUT2D eigenvalue weighted by Gasteiger charge is -2.43. The molecule has 0 saturated carbocycles. The molecule has 2 saturated heterocycles. The summed E-state index contributed by atoms with van der Waals surface area (Å²) < 4.78 is 0. The summed E-state index contributed by atoms with van der Waals surface area (Å²) in [5.41, 5.74) is 0.731. The number of carbonyl (C=O) groups excluding carboxylic acids is 2. The number of carbonyl (C=O) groups is 2. The zero-order valence-electron chi connectivity index (χ0n) is 16.0. The van der Waals surface area contributed by atoms with Crippen LogP contribution in [-0.4, -0.2) is 77.5 Å². The first-order valence-electron chi connectivity index (χ1n) is 9.15. The van der Waals surface area contributed by atoms with Crippen molar-refractivity contribution in [2.75, 3.05) is 27.2 Å². The smallest absolute Gasteiger partial charge is 0.328 e. The van der Waals surface area contributed by atoms with Crippen LogP contribution in [0.3, 0.4) is 0 Å². The molecular formula is C18H25Cl2N5O3. The van der Waals surface area contributed by atoms with E-state index in [0.29, 0.717) is 23.0 Å². The Balaban J connectivity index is 1.84. The number of likely N-dealkylation sites (N-methyl/N-ethyl adjacent to an activating group) is 2. The Morgan fingerprint density at radius 3 is 2.61 bits per heavy atom. The van der Waals surface area contributed by atoms with Gasteiger partial charge in [-0.3, -0.25) is 25.2 Å². The molecule has 0 spiro atoms. The summed E-state index contributed by atoms with van der Waals surface area (Å²) >= 11 is 12.1. The van der Waals surface area contributed by atoms with E-state index in [1.807, 2.05) is 11.9 Å². The highest BCUT2D eigenvalue weighted by Crippen LogP contribution is 2.33. The lowest BCUT2D eigenvalue weighted by Crippen LogP contribution is -2.66. The minimum atomic E-state index is -0.528. The van der Waals surface area contributed by atoms with E-state index in [1.54, 1.807) is 37.1 Å². The minimum Gasteiger partial charge on any atom is -0.396 e. The predicted molar refractivity (Wildman–Crippen MR) is 107 cm³/mol. The van der Waals surface area contributed by atoms with Crippen LogP contribution >= 0.6 is 23.2 Å². The van der Waals surface area contributed by atoms with E-state index in [-0.39, 0.29) is 24.8 Å². The quantitative estimate of drug-likeness (QED) is 0.592. The molecule has 2 aliphatic heterocycles. The number of imide groups is 1. The van der Waals surface area contributed by atoms with Gasteiger partial charge in [-0.05, 0) is 44.6 Å². The molecular weight excluding hydrogens is 405 g/mol. The van der Waals surface area contributed by atoms with Gasteiger partial charge in [-0.2, -0.15) is 0 Å². The number of rotatable bonds is 6. The van der Waals surface area contributed by atoms with Gasteiger partial charge in [0.25, 0.3) is 5.91 Å². The SMILES string of the molecule is CC(c1ccc(Cl)c(Cl)c1)N1C(=O)C2C(NC(NCCCO)N2C)N(C)C1=O. The molecule has 3 amide bonds. The van der Waals surface area contributed by atoms with E-state index < -0.39 is 18.2 Å². The highest BCUT2D eigenvalue weighted by atomic mass is 35.5. The fourth-order valence-corrected chi connectivity index (χ4v) is 4.02. The molecule has 3 N–H and O–H groups in total. The molecule has 8 nitrogen and oxygen atoms in total. The summed E-state index contributed by atoms with van der Waals surface area (Å²) in [7, 11) is 3.51. The average molecular weight is 430 g/mol. The van der Waals surface area contributed by atoms with Crippen LogP contribution < -0.4 is 10.6 Å². The van der Waals surface area contributed by atoms with Crippen molar-refractivity contribution in [3.63, 3.8) is 0 Å². The predicted octanol–water partition coefficient (Wildman–Crippen LogP) is 1.43. The summed E-state index contributed by atoms with van der Waals surface area (Å²) in [6.07, 6.45) is -0.111. The highest BCUT2D eigenvalue weighted by Gasteiger charge is 2.53. The number of amides is 3. The number of hydrogen-bond acceptors (Lipinski definition) is 6. The standard InChI is InChI=1S/C18H25Cl2N5O3/c1-10(11-5-6-12(19)13(20)9-11)25-16(27)14-15(24(3)18(25)28)22-17(23(14)2)21-7-4-8-26/h5-6,9-10,14-15,17,21-22,26H,4,7-8H2,1-3H3. The molecule has 0 radical (unpaired) electrons. The first-order chi connectivity index (χ1) is 13.3. The molecule has 0 bridgehead atoms. The monoisotopic (exact) mass is 429 g/mol. The van der Waals surface area contributed by atoms with Crippen LogP contribution in [0.25, 0.3) is 0 Å². The molecule has 0 aromatic heterocycles. The fraction of sp³-hybridized carbons (Fsp3) is 0.556. The zero-order valence-corrected chi connectivity index (χ0v) is 17.5. The lowest BCUT2D eigenvalue weighted by molar-refractivity contribution is -0.139. The van der Waals surface area contributed by atoms with Crippen molar-refractivity contribution in [1.29, 1.82) is 0 Å². The second-order valence-corrected chi connectivity index (χ2v) is 7.92. The van der Waals surface area contributed by atoms with Gasteiger partial charge in [-0.25, -0.2) is 4.79 Å². The first-order valence-corrected chi connectivity index (χ1v) is 9.90. The number of hydrogen-bond donors (Lipinski definition) is 3. The number of aliphatic hydroxyl groups is 1. The average Bonchev–Trinajstić information content (AvgIpc) is 2.99. The van der Waals surface area contributed by atoms with Crippen molar-refractivity contribution in [3.8, 4) is 0 Å². The fourth-order valence-electron chi connectivity index (χ4n) is 3.71. The van der Waals surface area contributed by atoms with Crippen molar-refractivity contribution in [3.05, 3.63) is 33.8 Å². The van der Waals surface area contributed by atoms with E-state index in [4.69, 9.17) is 28.3 Å². The lowest BCUT2D eigenvalue weighted by atomic mass is 10.0. The Morgan fingerprint density at radius 1 is 1.25 bits per heavy atom. The summed E-state index contributed by atoms with van der Waals surface area (Å²) in [6.45, 7) is 2.47. The van der Waals surface area contributed by atoms with Gasteiger partial charge in [0.1, 0.15) is 18.5 Å². The van der Waals surface area contributed by atoms with Gasteiger partial charge in [0.15, 0.2) is 0 Å². The molecule has 28 heavy (non-hydrogen) atoms. The Morgan fingerprint density at radius 2 is 1.96 bits per heavy atom. The largest absolute Gasteiger partial charge is 0.396 e. The third-order valence-electron chi connectivity index (χ3n) is 5.38. The summed E-state index contributed by atoms with van der Waals surface area (Å²) in [6, 6.07) is 3.71. The van der Waals surface area contributed by atoms with Gasteiger partial charge in [0, 0.05) is 13.7 Å². The molecule has 0 aliphatic carbocycles. The van der Waals surface area contributed by atoms with Crippen LogP contribution in [0.2, 0.25) is 10.0 Å². The topological polar surface area (TPSA) is 88.2 Å². The molecule has 2 aliphatic rings. The number of nitrogens with zero attached hydrogens (tertiary/aromatic N) is 3. The molecule has 10 heteroatoms. The summed E-state index contributed by atoms with van der Waals surface area (Å²) in [4.78, 5) is 31.0. The van der Waals surface area contributed by atoms with Gasteiger partial charge < -0.3 is 10.0 Å². The Hall–Kier alpha value is -1.42. The van der Waals surface area contributed by atoms with Crippen molar-refractivity contribution in [2.24, 2.45) is 0 Å². The van der Waals surface area contributed by atoms with Crippen molar-refractivity contribution >= 4 is 35.1 Å². The van der Waals surface area contributed by atoms with Crippen LogP contribution in [0, 0.1) is 0 Å². The normalized spacial score (nSPS) is 26.7. The molecule has 2 heterocycles. The molecule has 154 valence electrons. The maximum Gasteiger partial charge on any atom is 0.328 e. The third kappa shape index (κ3) is 3.72. The zero-order chi connectivity index (χ0) is 20.6. The van der Waals surface area contributed by atoms with E-state index in [2.05, 4.69) is 10.6 Å². The van der Waals surface area contributed by atoms with Gasteiger partial charge >= 0.3 is 6.03 Å². The number of aliphatic hydroxyl groups excluding tert-OH is 1. The second-order valence-electron chi connectivity index (χ2n) is 7.11.